The predicted octanol–water partition coefficient (Wildman–Crippen LogP) is 4.01. The average molecular weight is 416 g/mol. The molecule has 2 aromatic heterocycles. The molecular formula is C12H8Br2N4OS. The lowest BCUT2D eigenvalue weighted by molar-refractivity contribution is 0.401. The fourth-order valence-corrected chi connectivity index (χ4v) is 3.60. The van der Waals surface area contributed by atoms with Gasteiger partial charge >= 0.3 is 0 Å². The maximum Gasteiger partial charge on any atom is 0.242 e. The maximum atomic E-state index is 5.40. The molecule has 8 heteroatoms. The van der Waals surface area contributed by atoms with Gasteiger partial charge in [-0.05, 0) is 56.2 Å². The van der Waals surface area contributed by atoms with Crippen molar-refractivity contribution in [1.29, 1.82) is 0 Å². The zero-order valence-corrected chi connectivity index (χ0v) is 14.2. The first kappa shape index (κ1) is 13.7. The fourth-order valence-electron chi connectivity index (χ4n) is 1.96. The number of nitrogens with zero attached hydrogens (tertiary/aromatic N) is 3. The highest BCUT2D eigenvalue weighted by Crippen LogP contribution is 2.32. The van der Waals surface area contributed by atoms with Crippen LogP contribution in [0.3, 0.4) is 0 Å². The van der Waals surface area contributed by atoms with Gasteiger partial charge in [-0.15, -0.1) is 0 Å². The molecule has 0 spiro atoms. The molecule has 0 unspecified atom stereocenters. The van der Waals surface area contributed by atoms with Crippen molar-refractivity contribution in [2.24, 2.45) is 0 Å². The van der Waals surface area contributed by atoms with Gasteiger partial charge in [0.05, 0.1) is 12.8 Å². The van der Waals surface area contributed by atoms with Crippen LogP contribution < -0.4 is 4.74 Å². The fraction of sp³-hybridized carbons (Fsp3) is 0.0833. The van der Waals surface area contributed by atoms with E-state index < -0.39 is 0 Å². The first-order valence-electron chi connectivity index (χ1n) is 5.57. The van der Waals surface area contributed by atoms with E-state index in [9.17, 15) is 0 Å². The van der Waals surface area contributed by atoms with Gasteiger partial charge in [-0.3, -0.25) is 4.57 Å². The number of hydrogen-bond acceptors (Lipinski definition) is 4. The third-order valence-electron chi connectivity index (χ3n) is 2.79. The van der Waals surface area contributed by atoms with Crippen LogP contribution in [0, 0.1) is 4.77 Å². The molecule has 1 N–H and O–H groups in total. The van der Waals surface area contributed by atoms with Crippen LogP contribution in [0.1, 0.15) is 0 Å². The lowest BCUT2D eigenvalue weighted by atomic mass is 10.3. The van der Waals surface area contributed by atoms with Gasteiger partial charge in [-0.25, -0.2) is 4.98 Å². The molecule has 2 heterocycles. The maximum absolute atomic E-state index is 5.40. The molecule has 0 radical (unpaired) electrons. The van der Waals surface area contributed by atoms with Crippen LogP contribution in [0.4, 0.5) is 0 Å². The summed E-state index contributed by atoms with van der Waals surface area (Å²) >= 11 is 12.5. The lowest BCUT2D eigenvalue weighted by Gasteiger charge is -2.09. The number of methoxy groups -OCH3 is 1. The van der Waals surface area contributed by atoms with Gasteiger partial charge in [0.15, 0.2) is 10.4 Å². The van der Waals surface area contributed by atoms with Gasteiger partial charge in [0.25, 0.3) is 0 Å². The van der Waals surface area contributed by atoms with E-state index >= 15 is 0 Å². The largest absolute Gasteiger partial charge is 0.479 e. The van der Waals surface area contributed by atoms with Crippen molar-refractivity contribution < 1.29 is 4.74 Å². The van der Waals surface area contributed by atoms with Gasteiger partial charge in [0.2, 0.25) is 5.88 Å². The second-order valence-corrected chi connectivity index (χ2v) is 6.01. The minimum atomic E-state index is 0.461. The zero-order valence-electron chi connectivity index (χ0n) is 10.2. The predicted molar refractivity (Wildman–Crippen MR) is 86.0 cm³/mol. The minimum Gasteiger partial charge on any atom is -0.479 e. The van der Waals surface area contributed by atoms with Gasteiger partial charge < -0.3 is 9.72 Å². The van der Waals surface area contributed by atoms with E-state index in [4.69, 9.17) is 17.0 Å². The number of benzene rings is 1. The molecule has 0 fully saturated rings. The zero-order chi connectivity index (χ0) is 14.3. The highest BCUT2D eigenvalue weighted by Gasteiger charge is 2.16. The summed E-state index contributed by atoms with van der Waals surface area (Å²) in [6.07, 6.45) is 1.45. The topological polar surface area (TPSA) is 55.7 Å². The van der Waals surface area contributed by atoms with Crippen LogP contribution in [0.25, 0.3) is 16.9 Å². The van der Waals surface area contributed by atoms with Crippen molar-refractivity contribution in [3.63, 3.8) is 0 Å². The third kappa shape index (κ3) is 2.07. The van der Waals surface area contributed by atoms with E-state index in [2.05, 4.69) is 46.8 Å². The number of ether oxygens (including phenoxy) is 1. The van der Waals surface area contributed by atoms with E-state index in [0.717, 1.165) is 14.6 Å². The van der Waals surface area contributed by atoms with Gasteiger partial charge in [-0.2, -0.15) is 4.98 Å². The van der Waals surface area contributed by atoms with Crippen LogP contribution in [-0.2, 0) is 0 Å². The Hall–Kier alpha value is -1.25. The Bertz CT molecular complexity index is 838. The lowest BCUT2D eigenvalue weighted by Crippen LogP contribution is -1.99. The van der Waals surface area contributed by atoms with Crippen LogP contribution in [-0.4, -0.2) is 26.6 Å². The van der Waals surface area contributed by atoms with E-state index in [1.54, 1.807) is 7.11 Å². The first-order valence-corrected chi connectivity index (χ1v) is 7.57. The van der Waals surface area contributed by atoms with E-state index in [-0.39, 0.29) is 0 Å². The van der Waals surface area contributed by atoms with Crippen molar-refractivity contribution in [3.8, 4) is 11.6 Å². The third-order valence-corrected chi connectivity index (χ3v) is 4.36. The number of imidazole rings is 1. The number of aromatic amines is 1. The Balaban J connectivity index is 2.44. The van der Waals surface area contributed by atoms with Crippen LogP contribution >= 0.6 is 44.1 Å². The summed E-state index contributed by atoms with van der Waals surface area (Å²) in [5, 5.41) is 0. The van der Waals surface area contributed by atoms with Gasteiger partial charge in [-0.1, -0.05) is 6.07 Å². The smallest absolute Gasteiger partial charge is 0.242 e. The minimum absolute atomic E-state index is 0.461. The second-order valence-electron chi connectivity index (χ2n) is 3.92. The average Bonchev–Trinajstić information content (AvgIpc) is 2.75. The number of rotatable bonds is 2. The summed E-state index contributed by atoms with van der Waals surface area (Å²) in [5.41, 5.74) is 2.21. The Labute approximate surface area is 136 Å². The molecule has 0 aliphatic rings. The molecular weight excluding hydrogens is 408 g/mol. The van der Waals surface area contributed by atoms with Crippen molar-refractivity contribution in [3.05, 3.63) is 38.2 Å². The number of nitrogens with one attached hydrogen (secondary N) is 1. The first-order chi connectivity index (χ1) is 9.63. The standard InChI is InChI=1S/C12H8Br2N4OS/c1-19-11-8-10(15-5-16-11)18(12(20)17-8)9-6(13)3-2-4-7(9)14/h2-5H,1H3,(H,17,20). The summed E-state index contributed by atoms with van der Waals surface area (Å²) in [6.45, 7) is 0. The summed E-state index contributed by atoms with van der Waals surface area (Å²) in [5.74, 6) is 0.461. The molecule has 20 heavy (non-hydrogen) atoms. The molecule has 3 aromatic rings. The molecule has 0 bridgehead atoms. The number of halogens is 2. The Morgan fingerprint density at radius 1 is 1.25 bits per heavy atom. The Morgan fingerprint density at radius 3 is 2.60 bits per heavy atom. The molecule has 5 nitrogen and oxygen atoms in total. The molecule has 0 atom stereocenters. The molecule has 1 aromatic carbocycles. The molecule has 0 aliphatic carbocycles. The number of H-pyrrole nitrogens is 1. The monoisotopic (exact) mass is 414 g/mol. The van der Waals surface area contributed by atoms with Crippen molar-refractivity contribution >= 4 is 55.2 Å². The molecule has 0 aliphatic heterocycles. The summed E-state index contributed by atoms with van der Waals surface area (Å²) in [7, 11) is 1.56. The van der Waals surface area contributed by atoms with Gasteiger partial charge in [0, 0.05) is 8.95 Å². The van der Waals surface area contributed by atoms with Crippen molar-refractivity contribution in [2.45, 2.75) is 0 Å². The molecule has 0 saturated carbocycles. The Kier molecular flexibility index (Phi) is 3.61. The highest BCUT2D eigenvalue weighted by atomic mass is 79.9. The van der Waals surface area contributed by atoms with Crippen LogP contribution in [0.5, 0.6) is 5.88 Å². The number of fused-ring (bicyclic) bond motifs is 1. The normalized spacial score (nSPS) is 10.9. The molecule has 0 amide bonds. The molecule has 0 saturated heterocycles. The summed E-state index contributed by atoms with van der Waals surface area (Å²) in [6, 6.07) is 5.82. The van der Waals surface area contributed by atoms with Crippen molar-refractivity contribution in [1.82, 2.24) is 19.5 Å². The van der Waals surface area contributed by atoms with E-state index in [1.807, 2.05) is 22.8 Å². The molecule has 3 rings (SSSR count). The number of aromatic nitrogens is 4. The number of para-hydroxylation sites is 1. The van der Waals surface area contributed by atoms with Gasteiger partial charge in [0.1, 0.15) is 11.8 Å². The highest BCUT2D eigenvalue weighted by molar-refractivity contribution is 9.11. The summed E-state index contributed by atoms with van der Waals surface area (Å²) < 4.78 is 9.39. The summed E-state index contributed by atoms with van der Waals surface area (Å²) in [4.78, 5) is 11.5. The van der Waals surface area contributed by atoms with Crippen LogP contribution in [0.2, 0.25) is 0 Å². The number of hydrogen-bond donors (Lipinski definition) is 1. The quantitative estimate of drug-likeness (QED) is 0.642. The van der Waals surface area contributed by atoms with Crippen LogP contribution in [0.15, 0.2) is 33.5 Å². The molecule has 102 valence electrons. The Morgan fingerprint density at radius 2 is 1.95 bits per heavy atom. The SMILES string of the molecule is COc1ncnc2c1[nH]c(=S)n2-c1c(Br)cccc1Br. The van der Waals surface area contributed by atoms with Crippen molar-refractivity contribution in [2.75, 3.05) is 7.11 Å². The van der Waals surface area contributed by atoms with E-state index in [1.165, 1.54) is 6.33 Å². The van der Waals surface area contributed by atoms with E-state index in [0.29, 0.717) is 21.8 Å². The second kappa shape index (κ2) is 5.27.